The Morgan fingerprint density at radius 3 is 2.59 bits per heavy atom. The maximum Gasteiger partial charge on any atom is 0.437 e. The second kappa shape index (κ2) is 4.77. The number of hydrogen-bond acceptors (Lipinski definition) is 5. The van der Waals surface area contributed by atoms with Crippen molar-refractivity contribution in [2.45, 2.75) is 12.1 Å². The molecule has 1 aromatic rings. The molecular weight excluding hydrogens is 331 g/mol. The predicted octanol–water partition coefficient (Wildman–Crippen LogP) is 3.06. The topological polar surface area (TPSA) is 41.9 Å². The lowest BCUT2D eigenvalue weighted by Crippen LogP contribution is -2.56. The van der Waals surface area contributed by atoms with Gasteiger partial charge in [0.1, 0.15) is 0 Å². The molecule has 0 radical (unpaired) electrons. The van der Waals surface area contributed by atoms with E-state index < -0.39 is 42.4 Å². The smallest absolute Gasteiger partial charge is 0.351 e. The van der Waals surface area contributed by atoms with Crippen molar-refractivity contribution in [2.24, 2.45) is 5.16 Å². The van der Waals surface area contributed by atoms with E-state index >= 15 is 0 Å². The van der Waals surface area contributed by atoms with Crippen molar-refractivity contribution in [1.29, 1.82) is 0 Å². The summed E-state index contributed by atoms with van der Waals surface area (Å²) in [4.78, 5) is 17.1. The van der Waals surface area contributed by atoms with Crippen molar-refractivity contribution in [3.05, 3.63) is 22.6 Å². The summed E-state index contributed by atoms with van der Waals surface area (Å²) in [7, 11) is 0. The van der Waals surface area contributed by atoms with E-state index in [-0.39, 0.29) is 0 Å². The standard InChI is InChI=1S/C12H7F5N2O2S/c13-11(14)4-19(5-11)8-2-1-6(22-8)3-7-9(12(15,16)17)18-21-10(7)20/h1-3H,4-5H2/b7-3-. The van der Waals surface area contributed by atoms with Crippen LogP contribution >= 0.6 is 11.3 Å². The Bertz CT molecular complexity index is 684. The summed E-state index contributed by atoms with van der Waals surface area (Å²) in [6.07, 6.45) is -3.81. The summed E-state index contributed by atoms with van der Waals surface area (Å²) in [6, 6.07) is 2.96. The van der Waals surface area contributed by atoms with E-state index in [9.17, 15) is 26.7 Å². The Morgan fingerprint density at radius 1 is 1.32 bits per heavy atom. The molecule has 0 saturated carbocycles. The fraction of sp³-hybridized carbons (Fsp3) is 0.333. The van der Waals surface area contributed by atoms with E-state index in [1.165, 1.54) is 17.0 Å². The predicted molar refractivity (Wildman–Crippen MR) is 69.0 cm³/mol. The minimum absolute atomic E-state index is 0.316. The molecule has 0 bridgehead atoms. The highest BCUT2D eigenvalue weighted by molar-refractivity contribution is 7.17. The molecule has 2 aliphatic rings. The average molecular weight is 338 g/mol. The third-order valence-corrected chi connectivity index (χ3v) is 4.11. The van der Waals surface area contributed by atoms with Crippen molar-refractivity contribution in [3.8, 4) is 0 Å². The van der Waals surface area contributed by atoms with Gasteiger partial charge in [-0.05, 0) is 18.2 Å². The molecule has 22 heavy (non-hydrogen) atoms. The molecule has 4 nitrogen and oxygen atoms in total. The van der Waals surface area contributed by atoms with Gasteiger partial charge in [0.2, 0.25) is 0 Å². The molecule has 0 amide bonds. The van der Waals surface area contributed by atoms with E-state index in [2.05, 4.69) is 9.99 Å². The summed E-state index contributed by atoms with van der Waals surface area (Å²) < 4.78 is 63.6. The number of carbonyl (C=O) groups excluding carboxylic acids is 1. The monoisotopic (exact) mass is 338 g/mol. The van der Waals surface area contributed by atoms with Gasteiger partial charge >= 0.3 is 12.1 Å². The Kier molecular flexibility index (Phi) is 3.24. The molecule has 118 valence electrons. The minimum Gasteiger partial charge on any atom is -0.351 e. The fourth-order valence-corrected chi connectivity index (χ4v) is 2.96. The van der Waals surface area contributed by atoms with E-state index in [0.717, 1.165) is 17.4 Å². The van der Waals surface area contributed by atoms with Crippen LogP contribution in [0.3, 0.4) is 0 Å². The molecule has 0 spiro atoms. The number of hydrogen-bond donors (Lipinski definition) is 0. The second-order valence-electron chi connectivity index (χ2n) is 4.76. The van der Waals surface area contributed by atoms with Crippen LogP contribution in [0, 0.1) is 0 Å². The van der Waals surface area contributed by atoms with Crippen LogP contribution in [-0.2, 0) is 9.63 Å². The Hall–Kier alpha value is -1.97. The van der Waals surface area contributed by atoms with Crippen LogP contribution in [0.15, 0.2) is 22.9 Å². The molecule has 0 unspecified atom stereocenters. The first-order valence-corrected chi connectivity index (χ1v) is 6.79. The van der Waals surface area contributed by atoms with Gasteiger partial charge in [-0.15, -0.1) is 11.3 Å². The summed E-state index contributed by atoms with van der Waals surface area (Å²) in [5.74, 6) is -3.94. The maximum atomic E-state index is 12.8. The van der Waals surface area contributed by atoms with Crippen LogP contribution in [-0.4, -0.2) is 36.9 Å². The molecule has 0 aliphatic carbocycles. The molecule has 3 rings (SSSR count). The third-order valence-electron chi connectivity index (χ3n) is 3.02. The van der Waals surface area contributed by atoms with Gasteiger partial charge in [0.25, 0.3) is 5.92 Å². The first-order chi connectivity index (χ1) is 10.2. The summed E-state index contributed by atoms with van der Waals surface area (Å²) in [5, 5.41) is 3.22. The molecule has 1 aromatic heterocycles. The molecule has 1 saturated heterocycles. The Balaban J connectivity index is 1.82. The van der Waals surface area contributed by atoms with Gasteiger partial charge in [-0.3, -0.25) is 0 Å². The van der Waals surface area contributed by atoms with Gasteiger partial charge in [-0.1, -0.05) is 5.16 Å². The summed E-state index contributed by atoms with van der Waals surface area (Å²) in [5.41, 5.74) is -2.10. The van der Waals surface area contributed by atoms with Crippen molar-refractivity contribution in [2.75, 3.05) is 18.0 Å². The van der Waals surface area contributed by atoms with Crippen molar-refractivity contribution >= 4 is 34.1 Å². The number of alkyl halides is 5. The highest BCUT2D eigenvalue weighted by Crippen LogP contribution is 2.37. The van der Waals surface area contributed by atoms with E-state index in [4.69, 9.17) is 0 Å². The molecule has 0 N–H and O–H groups in total. The normalized spacial score (nSPS) is 22.6. The van der Waals surface area contributed by atoms with Gasteiger partial charge in [-0.25, -0.2) is 13.6 Å². The van der Waals surface area contributed by atoms with Gasteiger partial charge in [0, 0.05) is 4.88 Å². The van der Waals surface area contributed by atoms with Crippen molar-refractivity contribution in [1.82, 2.24) is 0 Å². The number of anilines is 1. The van der Waals surface area contributed by atoms with Crippen LogP contribution in [0.25, 0.3) is 6.08 Å². The molecule has 3 heterocycles. The second-order valence-corrected chi connectivity index (χ2v) is 5.86. The van der Waals surface area contributed by atoms with Crippen LogP contribution in [0.5, 0.6) is 0 Å². The molecule has 0 aromatic carbocycles. The molecule has 2 aliphatic heterocycles. The number of rotatable bonds is 2. The molecule has 1 fully saturated rings. The first-order valence-electron chi connectivity index (χ1n) is 5.97. The average Bonchev–Trinajstić information content (AvgIpc) is 2.94. The molecule has 0 atom stereocenters. The molecule has 10 heteroatoms. The number of halogens is 5. The quantitative estimate of drug-likeness (QED) is 0.473. The zero-order chi connectivity index (χ0) is 16.1. The first kappa shape index (κ1) is 14.9. The Morgan fingerprint density at radius 2 is 2.00 bits per heavy atom. The fourth-order valence-electron chi connectivity index (χ4n) is 2.01. The van der Waals surface area contributed by atoms with Gasteiger partial charge < -0.3 is 9.74 Å². The van der Waals surface area contributed by atoms with Gasteiger partial charge in [0.15, 0.2) is 5.71 Å². The van der Waals surface area contributed by atoms with Gasteiger partial charge in [0.05, 0.1) is 23.7 Å². The maximum absolute atomic E-state index is 12.8. The number of carbonyl (C=O) groups is 1. The minimum atomic E-state index is -4.81. The van der Waals surface area contributed by atoms with Crippen LogP contribution in [0.1, 0.15) is 4.88 Å². The number of thiophene rings is 1. The van der Waals surface area contributed by atoms with E-state index in [1.807, 2.05) is 0 Å². The zero-order valence-electron chi connectivity index (χ0n) is 10.7. The largest absolute Gasteiger partial charge is 0.437 e. The summed E-state index contributed by atoms with van der Waals surface area (Å²) >= 11 is 1.01. The number of nitrogens with zero attached hydrogens (tertiary/aromatic N) is 2. The SMILES string of the molecule is O=C1ON=C(C(F)(F)F)/C1=C/c1ccc(N2CC(F)(F)C2)s1. The highest BCUT2D eigenvalue weighted by Gasteiger charge is 2.46. The van der Waals surface area contributed by atoms with Crippen LogP contribution in [0.4, 0.5) is 27.0 Å². The Labute approximate surface area is 124 Å². The lowest BCUT2D eigenvalue weighted by Gasteiger charge is -2.39. The van der Waals surface area contributed by atoms with Crippen LogP contribution in [0.2, 0.25) is 0 Å². The zero-order valence-corrected chi connectivity index (χ0v) is 11.5. The van der Waals surface area contributed by atoms with Crippen LogP contribution < -0.4 is 4.90 Å². The van der Waals surface area contributed by atoms with E-state index in [0.29, 0.717) is 9.88 Å². The third kappa shape index (κ3) is 2.70. The van der Waals surface area contributed by atoms with Crippen molar-refractivity contribution < 1.29 is 31.6 Å². The lowest BCUT2D eigenvalue weighted by atomic mass is 10.1. The highest BCUT2D eigenvalue weighted by atomic mass is 32.1. The van der Waals surface area contributed by atoms with Gasteiger partial charge in [-0.2, -0.15) is 13.2 Å². The lowest BCUT2D eigenvalue weighted by molar-refractivity contribution is -0.136. The van der Waals surface area contributed by atoms with Crippen molar-refractivity contribution in [3.63, 3.8) is 0 Å². The summed E-state index contributed by atoms with van der Waals surface area (Å²) in [6.45, 7) is -0.859. The number of oxime groups is 1. The van der Waals surface area contributed by atoms with E-state index in [1.54, 1.807) is 0 Å². The molecular formula is C12H7F5N2O2S.